The minimum Gasteiger partial charge on any atom is -0.548 e. The average Bonchev–Trinajstić information content (AvgIpc) is 2.64. The minimum absolute atomic E-state index is 0. The molecule has 6 nitrogen and oxygen atoms in total. The first-order valence-electron chi connectivity index (χ1n) is 10.9. The summed E-state index contributed by atoms with van der Waals surface area (Å²) < 4.78 is 0. The van der Waals surface area contributed by atoms with Gasteiger partial charge in [-0.25, -0.2) is 0 Å². The summed E-state index contributed by atoms with van der Waals surface area (Å²) in [6.45, 7) is 2.24. The van der Waals surface area contributed by atoms with Gasteiger partial charge in [-0.2, -0.15) is 0 Å². The maximum atomic E-state index is 11.7. The van der Waals surface area contributed by atoms with Crippen LogP contribution < -0.4 is 45.7 Å². The van der Waals surface area contributed by atoms with E-state index in [1.807, 2.05) is 0 Å². The van der Waals surface area contributed by atoms with Crippen molar-refractivity contribution in [1.29, 1.82) is 0 Å². The van der Waals surface area contributed by atoms with Gasteiger partial charge in [-0.15, -0.1) is 0 Å². The van der Waals surface area contributed by atoms with Crippen molar-refractivity contribution in [2.75, 3.05) is 0 Å². The first-order valence-corrected chi connectivity index (χ1v) is 10.9. The third-order valence-corrected chi connectivity index (χ3v) is 4.69. The summed E-state index contributed by atoms with van der Waals surface area (Å²) in [5, 5.41) is 13.1. The Morgan fingerprint density at radius 2 is 1.34 bits per heavy atom. The van der Waals surface area contributed by atoms with Crippen molar-refractivity contribution < 1.29 is 49.0 Å². The summed E-state index contributed by atoms with van der Waals surface area (Å²) in [4.78, 5) is 33.3. The number of hydrogen-bond donors (Lipinski definition) is 2. The second-order valence-corrected chi connectivity index (χ2v) is 7.44. The van der Waals surface area contributed by atoms with Crippen molar-refractivity contribution in [3.05, 3.63) is 12.2 Å². The molecular weight excluding hydrogens is 379 g/mol. The number of carboxylic acids is 1. The van der Waals surface area contributed by atoms with Crippen LogP contribution in [0.4, 0.5) is 0 Å². The molecule has 0 radical (unpaired) electrons. The minimum atomic E-state index is -1.49. The van der Waals surface area contributed by atoms with Crippen LogP contribution >= 0.6 is 0 Å². The van der Waals surface area contributed by atoms with Crippen LogP contribution in [0.1, 0.15) is 103 Å². The van der Waals surface area contributed by atoms with Crippen LogP contribution in [0, 0.1) is 0 Å². The van der Waals surface area contributed by atoms with Crippen molar-refractivity contribution in [1.82, 2.24) is 5.32 Å². The van der Waals surface area contributed by atoms with Gasteiger partial charge in [-0.05, 0) is 32.1 Å². The zero-order chi connectivity index (χ0) is 21.0. The molecule has 7 heteroatoms. The number of carbonyl (C=O) groups is 3. The average molecular weight is 419 g/mol. The second kappa shape index (κ2) is 21.8. The molecule has 29 heavy (non-hydrogen) atoms. The summed E-state index contributed by atoms with van der Waals surface area (Å²) >= 11 is 0. The fourth-order valence-electron chi connectivity index (χ4n) is 3.02. The molecule has 3 N–H and O–H groups in total. The Morgan fingerprint density at radius 3 is 1.83 bits per heavy atom. The number of hydrogen-bond acceptors (Lipinski definition) is 4. The molecule has 0 saturated carbocycles. The van der Waals surface area contributed by atoms with E-state index in [1.54, 1.807) is 0 Å². The molecule has 0 aromatic heterocycles. The van der Waals surface area contributed by atoms with E-state index >= 15 is 0 Å². The number of nitrogens with one attached hydrogen (secondary N) is 1. The van der Waals surface area contributed by atoms with Gasteiger partial charge in [0.2, 0.25) is 11.8 Å². The van der Waals surface area contributed by atoms with E-state index in [-0.39, 0.29) is 41.9 Å². The van der Waals surface area contributed by atoms with Crippen LogP contribution in [0.25, 0.3) is 0 Å². The molecule has 1 atom stereocenters. The van der Waals surface area contributed by atoms with Crippen LogP contribution in [0.15, 0.2) is 12.2 Å². The van der Waals surface area contributed by atoms with E-state index < -0.39 is 24.3 Å². The van der Waals surface area contributed by atoms with Crippen molar-refractivity contribution in [3.63, 3.8) is 0 Å². The van der Waals surface area contributed by atoms with Gasteiger partial charge in [0.25, 0.3) is 0 Å². The Balaban J connectivity index is 0. The predicted molar refractivity (Wildman–Crippen MR) is 110 cm³/mol. The quantitative estimate of drug-likeness (QED) is 0.176. The Kier molecular flexibility index (Phi) is 22.9. The first-order chi connectivity index (χ1) is 13.5. The number of allylic oxidation sites excluding steroid dienone is 2. The maximum Gasteiger partial charge on any atom is 1.00 e. The summed E-state index contributed by atoms with van der Waals surface area (Å²) in [5.41, 5.74) is 4.96. The van der Waals surface area contributed by atoms with Gasteiger partial charge in [0.15, 0.2) is 0 Å². The number of aliphatic carboxylic acids is 1. The number of carbonyl (C=O) groups excluding carboxylic acids is 3. The molecule has 0 heterocycles. The third-order valence-electron chi connectivity index (χ3n) is 4.69. The fraction of sp³-hybridized carbons (Fsp3) is 0.773. The second-order valence-electron chi connectivity index (χ2n) is 7.44. The van der Waals surface area contributed by atoms with Crippen molar-refractivity contribution >= 4 is 17.8 Å². The van der Waals surface area contributed by atoms with Gasteiger partial charge in [-0.3, -0.25) is 9.59 Å². The summed E-state index contributed by atoms with van der Waals surface area (Å²) in [5.74, 6) is -2.65. The van der Waals surface area contributed by atoms with Gasteiger partial charge >= 0.3 is 29.6 Å². The number of amides is 2. The monoisotopic (exact) mass is 418 g/mol. The van der Waals surface area contributed by atoms with E-state index in [4.69, 9.17) is 5.73 Å². The Morgan fingerprint density at radius 1 is 0.862 bits per heavy atom. The van der Waals surface area contributed by atoms with Crippen molar-refractivity contribution in [3.8, 4) is 0 Å². The van der Waals surface area contributed by atoms with E-state index in [2.05, 4.69) is 24.4 Å². The fourth-order valence-corrected chi connectivity index (χ4v) is 3.02. The largest absolute Gasteiger partial charge is 1.00 e. The van der Waals surface area contributed by atoms with E-state index in [0.29, 0.717) is 6.42 Å². The number of rotatable bonds is 19. The van der Waals surface area contributed by atoms with Crippen LogP contribution in [0.2, 0.25) is 0 Å². The van der Waals surface area contributed by atoms with Crippen LogP contribution in [0.5, 0.6) is 0 Å². The Labute approximate surface area is 198 Å². The van der Waals surface area contributed by atoms with Crippen LogP contribution in [-0.2, 0) is 14.4 Å². The molecule has 0 aliphatic rings. The molecule has 0 aromatic rings. The summed E-state index contributed by atoms with van der Waals surface area (Å²) in [7, 11) is 0. The molecule has 2 amide bonds. The number of primary amides is 1. The standard InChI is InChI=1S/C22H40N2O4.Na/c1-2-3-4-5-6-7-8-9-10-11-12-13-14-15-16-17-21(26)24-19(22(27)28)18-20(23)25;/h9-10,19H,2-8,11-18H2,1H3,(H2,23,25)(H,24,26)(H,27,28);/q;+1/p-1/b10-9-;/t19-;/m0./s1. The normalized spacial score (nSPS) is 11.8. The molecule has 162 valence electrons. The van der Waals surface area contributed by atoms with Crippen molar-refractivity contribution in [2.24, 2.45) is 5.73 Å². The van der Waals surface area contributed by atoms with E-state index in [1.165, 1.54) is 44.9 Å². The van der Waals surface area contributed by atoms with Gasteiger partial charge in [0.1, 0.15) is 0 Å². The van der Waals surface area contributed by atoms with Crippen LogP contribution in [0.3, 0.4) is 0 Å². The maximum absolute atomic E-state index is 11.7. The molecule has 0 aliphatic carbocycles. The third kappa shape index (κ3) is 21.7. The number of carboxylic acid groups (broad SMARTS) is 1. The molecule has 0 bridgehead atoms. The molecular formula is C22H39N2NaO4. The number of unbranched alkanes of at least 4 members (excludes halogenated alkanes) is 11. The van der Waals surface area contributed by atoms with Gasteiger partial charge in [0, 0.05) is 6.42 Å². The van der Waals surface area contributed by atoms with Crippen LogP contribution in [-0.4, -0.2) is 23.8 Å². The molecule has 0 aliphatic heterocycles. The molecule has 0 rings (SSSR count). The van der Waals surface area contributed by atoms with E-state index in [0.717, 1.165) is 32.1 Å². The van der Waals surface area contributed by atoms with Crippen molar-refractivity contribution in [2.45, 2.75) is 109 Å². The molecule has 0 aromatic carbocycles. The zero-order valence-electron chi connectivity index (χ0n) is 18.5. The first kappa shape index (κ1) is 30.3. The summed E-state index contributed by atoms with van der Waals surface area (Å²) in [6, 6.07) is -1.34. The topological polar surface area (TPSA) is 112 Å². The van der Waals surface area contributed by atoms with Gasteiger partial charge in [-0.1, -0.05) is 70.4 Å². The SMILES string of the molecule is CCCCCCCC/C=C\CCCCCCCC(=O)N[C@@H](CC(N)=O)C(=O)[O-].[Na+]. The molecule has 0 unspecified atom stereocenters. The predicted octanol–water partition coefficient (Wildman–Crippen LogP) is 0.138. The zero-order valence-corrected chi connectivity index (χ0v) is 20.5. The molecule has 0 fully saturated rings. The Bertz CT molecular complexity index is 470. The molecule has 0 saturated heterocycles. The smallest absolute Gasteiger partial charge is 0.548 e. The Hall–Kier alpha value is -0.850. The van der Waals surface area contributed by atoms with Gasteiger partial charge < -0.3 is 21.0 Å². The number of nitrogens with two attached hydrogens (primary N) is 1. The molecule has 0 spiro atoms. The van der Waals surface area contributed by atoms with Gasteiger partial charge in [0.05, 0.1) is 18.4 Å². The van der Waals surface area contributed by atoms with E-state index in [9.17, 15) is 19.5 Å². The summed E-state index contributed by atoms with van der Waals surface area (Å²) in [6.07, 6.45) is 19.7.